The summed E-state index contributed by atoms with van der Waals surface area (Å²) in [5, 5.41) is 0. The number of hydrogen-bond acceptors (Lipinski definition) is 7. The quantitative estimate of drug-likeness (QED) is 0.300. The van der Waals surface area contributed by atoms with Crippen LogP contribution >= 0.6 is 11.3 Å². The molecule has 0 aliphatic rings. The molecule has 2 aromatic carbocycles. The Morgan fingerprint density at radius 3 is 2.30 bits per heavy atom. The highest BCUT2D eigenvalue weighted by atomic mass is 32.2. The minimum Gasteiger partial charge on any atom is -0.383 e. The van der Waals surface area contributed by atoms with E-state index in [9.17, 15) is 22.0 Å². The van der Waals surface area contributed by atoms with Crippen molar-refractivity contribution in [2.75, 3.05) is 53.7 Å². The molecule has 202 valence electrons. The van der Waals surface area contributed by atoms with Gasteiger partial charge >= 0.3 is 0 Å². The van der Waals surface area contributed by atoms with Crippen LogP contribution < -0.4 is 4.80 Å². The van der Waals surface area contributed by atoms with Gasteiger partial charge in [0.2, 0.25) is 10.0 Å². The number of fused-ring (bicyclic) bond motifs is 1. The van der Waals surface area contributed by atoms with Crippen LogP contribution in [0.3, 0.4) is 0 Å². The van der Waals surface area contributed by atoms with E-state index in [1.165, 1.54) is 53.4 Å². The van der Waals surface area contributed by atoms with E-state index in [0.717, 1.165) is 17.4 Å². The number of benzene rings is 2. The first-order valence-electron chi connectivity index (χ1n) is 11.5. The van der Waals surface area contributed by atoms with Gasteiger partial charge in [0.1, 0.15) is 5.82 Å². The van der Waals surface area contributed by atoms with Crippen molar-refractivity contribution in [2.45, 2.75) is 18.4 Å². The zero-order valence-corrected chi connectivity index (χ0v) is 22.4. The van der Waals surface area contributed by atoms with Gasteiger partial charge in [-0.05, 0) is 37.3 Å². The molecular formula is C24H29F2N3O6S2. The predicted molar refractivity (Wildman–Crippen MR) is 135 cm³/mol. The summed E-state index contributed by atoms with van der Waals surface area (Å²) in [7, 11) is -0.896. The van der Waals surface area contributed by atoms with Gasteiger partial charge in [-0.1, -0.05) is 11.3 Å². The number of methoxy groups -OCH3 is 2. The molecule has 0 saturated carbocycles. The lowest BCUT2D eigenvalue weighted by molar-refractivity contribution is 0.0996. The second-order valence-electron chi connectivity index (χ2n) is 7.80. The Balaban J connectivity index is 1.94. The Labute approximate surface area is 218 Å². The molecule has 0 radical (unpaired) electrons. The Hall–Kier alpha value is -2.55. The lowest BCUT2D eigenvalue weighted by atomic mass is 10.2. The van der Waals surface area contributed by atoms with Crippen molar-refractivity contribution in [2.24, 2.45) is 4.99 Å². The first kappa shape index (κ1) is 29.0. The maximum atomic E-state index is 14.6. The van der Waals surface area contributed by atoms with Gasteiger partial charge in [-0.25, -0.2) is 17.2 Å². The molecule has 1 amide bonds. The lowest BCUT2D eigenvalue weighted by Gasteiger charge is -2.21. The summed E-state index contributed by atoms with van der Waals surface area (Å²) in [4.78, 5) is 17.2. The number of carbonyl (C=O) groups is 1. The van der Waals surface area contributed by atoms with Crippen LogP contribution in [-0.2, 0) is 30.8 Å². The van der Waals surface area contributed by atoms with Gasteiger partial charge in [0.05, 0.1) is 34.9 Å². The first-order valence-corrected chi connectivity index (χ1v) is 13.7. The van der Waals surface area contributed by atoms with Crippen LogP contribution in [0.25, 0.3) is 10.2 Å². The van der Waals surface area contributed by atoms with E-state index < -0.39 is 27.6 Å². The van der Waals surface area contributed by atoms with Crippen molar-refractivity contribution in [3.63, 3.8) is 0 Å². The highest BCUT2D eigenvalue weighted by molar-refractivity contribution is 7.89. The number of halogens is 2. The number of thiazole rings is 1. The maximum absolute atomic E-state index is 14.6. The number of ether oxygens (including phenoxy) is 3. The number of aromatic nitrogens is 1. The predicted octanol–water partition coefficient (Wildman–Crippen LogP) is 3.04. The van der Waals surface area contributed by atoms with Crippen molar-refractivity contribution in [3.8, 4) is 0 Å². The summed E-state index contributed by atoms with van der Waals surface area (Å²) in [6, 6.07) is 7.34. The molecule has 3 aromatic rings. The van der Waals surface area contributed by atoms with Gasteiger partial charge < -0.3 is 18.8 Å². The molecule has 0 atom stereocenters. The van der Waals surface area contributed by atoms with E-state index in [0.29, 0.717) is 11.3 Å². The van der Waals surface area contributed by atoms with Gasteiger partial charge in [0, 0.05) is 52.1 Å². The van der Waals surface area contributed by atoms with E-state index in [1.807, 2.05) is 6.92 Å². The number of amides is 1. The van der Waals surface area contributed by atoms with E-state index in [4.69, 9.17) is 14.2 Å². The Morgan fingerprint density at radius 2 is 1.70 bits per heavy atom. The minimum absolute atomic E-state index is 0.00226. The van der Waals surface area contributed by atoms with Crippen LogP contribution in [0.15, 0.2) is 46.3 Å². The Kier molecular flexibility index (Phi) is 10.4. The summed E-state index contributed by atoms with van der Waals surface area (Å²) in [6.07, 6.45) is 0. The molecule has 0 bridgehead atoms. The van der Waals surface area contributed by atoms with Crippen molar-refractivity contribution in [3.05, 3.63) is 58.4 Å². The molecule has 1 heterocycles. The normalized spacial score (nSPS) is 12.6. The molecule has 0 N–H and O–H groups in total. The van der Waals surface area contributed by atoms with Crippen LogP contribution in [-0.4, -0.2) is 76.9 Å². The highest BCUT2D eigenvalue weighted by Crippen LogP contribution is 2.23. The second kappa shape index (κ2) is 13.3. The molecule has 3 rings (SSSR count). The average Bonchev–Trinajstić information content (AvgIpc) is 3.21. The molecule has 0 aliphatic carbocycles. The average molecular weight is 558 g/mol. The number of carbonyl (C=O) groups excluding carboxylic acids is 1. The molecule has 0 saturated heterocycles. The van der Waals surface area contributed by atoms with E-state index in [1.54, 1.807) is 0 Å². The van der Waals surface area contributed by atoms with Crippen molar-refractivity contribution < 1.29 is 36.2 Å². The van der Waals surface area contributed by atoms with Crippen molar-refractivity contribution >= 4 is 37.5 Å². The standard InChI is InChI=1S/C24H29F2N3O6S2/c1-4-35-14-11-29-22-20(26)15-18(25)16-21(22)36-24(29)27-23(30)17-5-7-19(8-6-17)37(31,32)28(9-12-33-2)10-13-34-3/h5-8,15-16H,4,9-14H2,1-3H3. The van der Waals surface area contributed by atoms with E-state index >= 15 is 0 Å². The Morgan fingerprint density at radius 1 is 1.05 bits per heavy atom. The van der Waals surface area contributed by atoms with Gasteiger partial charge in [0.15, 0.2) is 10.6 Å². The lowest BCUT2D eigenvalue weighted by Crippen LogP contribution is -2.36. The third kappa shape index (κ3) is 7.06. The van der Waals surface area contributed by atoms with Crippen LogP contribution in [0.4, 0.5) is 8.78 Å². The maximum Gasteiger partial charge on any atom is 0.279 e. The molecule has 9 nitrogen and oxygen atoms in total. The Bertz CT molecular complexity index is 1380. The monoisotopic (exact) mass is 557 g/mol. The zero-order valence-electron chi connectivity index (χ0n) is 20.8. The third-order valence-corrected chi connectivity index (χ3v) is 8.32. The molecule has 0 aliphatic heterocycles. The molecule has 0 spiro atoms. The van der Waals surface area contributed by atoms with Crippen molar-refractivity contribution in [1.29, 1.82) is 0 Å². The molecule has 1 aromatic heterocycles. The van der Waals surface area contributed by atoms with Gasteiger partial charge in [0.25, 0.3) is 5.91 Å². The van der Waals surface area contributed by atoms with Gasteiger partial charge in [-0.15, -0.1) is 0 Å². The molecule has 0 fully saturated rings. The molecule has 37 heavy (non-hydrogen) atoms. The van der Waals surface area contributed by atoms with Crippen LogP contribution in [0.1, 0.15) is 17.3 Å². The SMILES string of the molecule is CCOCCn1c(=NC(=O)c2ccc(S(=O)(=O)N(CCOC)CCOC)cc2)sc2cc(F)cc(F)c21. The fraction of sp³-hybridized carbons (Fsp3) is 0.417. The minimum atomic E-state index is -3.85. The first-order chi connectivity index (χ1) is 17.7. The highest BCUT2D eigenvalue weighted by Gasteiger charge is 2.24. The smallest absolute Gasteiger partial charge is 0.279 e. The molecule has 13 heteroatoms. The fourth-order valence-electron chi connectivity index (χ4n) is 3.53. The number of sulfonamides is 1. The largest absolute Gasteiger partial charge is 0.383 e. The van der Waals surface area contributed by atoms with Crippen LogP contribution in [0.2, 0.25) is 0 Å². The van der Waals surface area contributed by atoms with Crippen LogP contribution in [0.5, 0.6) is 0 Å². The number of rotatable bonds is 13. The third-order valence-electron chi connectivity index (χ3n) is 5.38. The zero-order chi connectivity index (χ0) is 27.0. The summed E-state index contributed by atoms with van der Waals surface area (Å²) < 4.78 is 72.9. The van der Waals surface area contributed by atoms with E-state index in [-0.39, 0.29) is 60.2 Å². The van der Waals surface area contributed by atoms with Gasteiger partial charge in [-0.2, -0.15) is 9.30 Å². The molecule has 0 unspecified atom stereocenters. The van der Waals surface area contributed by atoms with Crippen LogP contribution in [0, 0.1) is 11.6 Å². The van der Waals surface area contributed by atoms with E-state index in [2.05, 4.69) is 4.99 Å². The topological polar surface area (TPSA) is 99.4 Å². The van der Waals surface area contributed by atoms with Gasteiger partial charge in [-0.3, -0.25) is 4.79 Å². The summed E-state index contributed by atoms with van der Waals surface area (Å²) in [6.45, 7) is 3.43. The summed E-state index contributed by atoms with van der Waals surface area (Å²) >= 11 is 0.973. The molecular weight excluding hydrogens is 528 g/mol. The number of hydrogen-bond donors (Lipinski definition) is 0. The fourth-order valence-corrected chi connectivity index (χ4v) is 6.03. The summed E-state index contributed by atoms with van der Waals surface area (Å²) in [5.41, 5.74) is 0.269. The second-order valence-corrected chi connectivity index (χ2v) is 10.7. The summed E-state index contributed by atoms with van der Waals surface area (Å²) in [5.74, 6) is -2.15. The van der Waals surface area contributed by atoms with Crippen molar-refractivity contribution in [1.82, 2.24) is 8.87 Å². The number of nitrogens with zero attached hydrogens (tertiary/aromatic N) is 3.